The molecule has 0 N–H and O–H groups in total. The van der Waals surface area contributed by atoms with Crippen LogP contribution in [0.15, 0.2) is 47.5 Å². The summed E-state index contributed by atoms with van der Waals surface area (Å²) in [7, 11) is 0. The molecule has 0 atom stereocenters. The van der Waals surface area contributed by atoms with Crippen LogP contribution in [-0.2, 0) is 9.59 Å². The lowest BCUT2D eigenvalue weighted by Crippen LogP contribution is -2.31. The lowest BCUT2D eigenvalue weighted by atomic mass is 10.0. The van der Waals surface area contributed by atoms with E-state index in [4.69, 9.17) is 23.2 Å². The Morgan fingerprint density at radius 3 is 2.13 bits per heavy atom. The van der Waals surface area contributed by atoms with Gasteiger partial charge in [-0.3, -0.25) is 9.59 Å². The van der Waals surface area contributed by atoms with Gasteiger partial charge in [-0.25, -0.2) is 4.90 Å². The Morgan fingerprint density at radius 2 is 1.52 bits per heavy atom. The largest absolute Gasteiger partial charge is 0.277 e. The predicted molar refractivity (Wildman–Crippen MR) is 92.6 cm³/mol. The van der Waals surface area contributed by atoms with Crippen LogP contribution in [-0.4, -0.2) is 11.8 Å². The van der Waals surface area contributed by atoms with Gasteiger partial charge in [-0.05, 0) is 37.1 Å². The number of nitrogens with zero attached hydrogens (tertiary/aromatic N) is 1. The van der Waals surface area contributed by atoms with Gasteiger partial charge in [0.25, 0.3) is 11.8 Å². The summed E-state index contributed by atoms with van der Waals surface area (Å²) in [6.07, 6.45) is 0. The summed E-state index contributed by atoms with van der Waals surface area (Å²) < 4.78 is 0. The van der Waals surface area contributed by atoms with Gasteiger partial charge < -0.3 is 0 Å². The zero-order valence-electron chi connectivity index (χ0n) is 12.6. The molecule has 2 amide bonds. The van der Waals surface area contributed by atoms with Crippen LogP contribution in [0.2, 0.25) is 5.02 Å². The van der Waals surface area contributed by atoms with Crippen molar-refractivity contribution >= 4 is 46.3 Å². The van der Waals surface area contributed by atoms with Gasteiger partial charge in [0.1, 0.15) is 5.03 Å². The molecule has 0 fully saturated rings. The first kappa shape index (κ1) is 15.8. The Hall–Kier alpha value is -2.10. The van der Waals surface area contributed by atoms with Crippen LogP contribution in [0.5, 0.6) is 0 Å². The Balaban J connectivity index is 2.05. The third kappa shape index (κ3) is 2.67. The van der Waals surface area contributed by atoms with Crippen molar-refractivity contribution in [2.24, 2.45) is 0 Å². The lowest BCUT2D eigenvalue weighted by Gasteiger charge is -2.15. The van der Waals surface area contributed by atoms with Gasteiger partial charge in [0, 0.05) is 5.02 Å². The maximum absolute atomic E-state index is 12.7. The normalized spacial score (nSPS) is 14.9. The highest BCUT2D eigenvalue weighted by Gasteiger charge is 2.39. The summed E-state index contributed by atoms with van der Waals surface area (Å²) in [4.78, 5) is 26.2. The van der Waals surface area contributed by atoms with E-state index in [1.165, 1.54) is 0 Å². The van der Waals surface area contributed by atoms with Gasteiger partial charge >= 0.3 is 0 Å². The van der Waals surface area contributed by atoms with Crippen LogP contribution in [0, 0.1) is 13.8 Å². The van der Waals surface area contributed by atoms with E-state index in [1.54, 1.807) is 30.3 Å². The number of imide groups is 1. The first-order valence-electron chi connectivity index (χ1n) is 7.02. The second-order valence-electron chi connectivity index (χ2n) is 5.43. The number of carbonyl (C=O) groups is 2. The zero-order valence-corrected chi connectivity index (χ0v) is 14.1. The fourth-order valence-corrected chi connectivity index (χ4v) is 2.88. The predicted octanol–water partition coefficient (Wildman–Crippen LogP) is 4.48. The van der Waals surface area contributed by atoms with Crippen LogP contribution in [0.1, 0.15) is 16.7 Å². The van der Waals surface area contributed by atoms with E-state index >= 15 is 0 Å². The second-order valence-corrected chi connectivity index (χ2v) is 6.22. The molecule has 5 heteroatoms. The maximum atomic E-state index is 12.7. The summed E-state index contributed by atoms with van der Waals surface area (Å²) in [5, 5.41) is 0.415. The van der Waals surface area contributed by atoms with Gasteiger partial charge in [-0.1, -0.05) is 59.1 Å². The fraction of sp³-hybridized carbons (Fsp3) is 0.111. The number of hydrogen-bond donors (Lipinski definition) is 0. The van der Waals surface area contributed by atoms with Crippen molar-refractivity contribution in [3.05, 3.63) is 69.2 Å². The number of aryl methyl sites for hydroxylation is 2. The average Bonchev–Trinajstić information content (AvgIpc) is 2.74. The molecule has 0 aromatic heterocycles. The molecule has 0 aliphatic carbocycles. The van der Waals surface area contributed by atoms with Crippen molar-refractivity contribution in [1.82, 2.24) is 0 Å². The molecule has 2 aromatic carbocycles. The molecule has 3 nitrogen and oxygen atoms in total. The maximum Gasteiger partial charge on any atom is 0.277 e. The topological polar surface area (TPSA) is 37.4 Å². The molecule has 2 aromatic rings. The molecule has 0 saturated heterocycles. The van der Waals surface area contributed by atoms with E-state index in [2.05, 4.69) is 0 Å². The summed E-state index contributed by atoms with van der Waals surface area (Å²) in [6, 6.07) is 12.3. The minimum absolute atomic E-state index is 0.0736. The summed E-state index contributed by atoms with van der Waals surface area (Å²) >= 11 is 12.2. The molecule has 0 bridgehead atoms. The molecule has 3 rings (SSSR count). The first-order valence-corrected chi connectivity index (χ1v) is 7.77. The SMILES string of the molecule is Cc1ccc(C2=C(Cl)C(=O)N(c3ccc(C)c(Cl)c3)C2=O)cc1. The van der Waals surface area contributed by atoms with Gasteiger partial charge in [0.15, 0.2) is 0 Å². The molecule has 0 saturated carbocycles. The summed E-state index contributed by atoms with van der Waals surface area (Å²) in [6.45, 7) is 3.80. The molecular formula is C18H13Cl2NO2. The third-order valence-corrected chi connectivity index (χ3v) is 4.54. The highest BCUT2D eigenvalue weighted by atomic mass is 35.5. The van der Waals surface area contributed by atoms with E-state index in [9.17, 15) is 9.59 Å². The van der Waals surface area contributed by atoms with Gasteiger partial charge in [0.05, 0.1) is 11.3 Å². The minimum atomic E-state index is -0.535. The number of amides is 2. The Bertz CT molecular complexity index is 854. The molecule has 116 valence electrons. The lowest BCUT2D eigenvalue weighted by molar-refractivity contribution is -0.119. The van der Waals surface area contributed by atoms with Crippen LogP contribution < -0.4 is 4.90 Å². The smallest absolute Gasteiger partial charge is 0.268 e. The molecule has 0 radical (unpaired) electrons. The number of carbonyl (C=O) groups excluding carboxylic acids is 2. The molecular weight excluding hydrogens is 333 g/mol. The van der Waals surface area contributed by atoms with Crippen molar-refractivity contribution in [2.75, 3.05) is 4.90 Å². The number of rotatable bonds is 2. The van der Waals surface area contributed by atoms with Gasteiger partial charge in [0.2, 0.25) is 0 Å². The molecule has 1 aliphatic rings. The van der Waals surface area contributed by atoms with Crippen LogP contribution >= 0.6 is 23.2 Å². The number of anilines is 1. The van der Waals surface area contributed by atoms with Crippen molar-refractivity contribution < 1.29 is 9.59 Å². The fourth-order valence-electron chi connectivity index (χ4n) is 2.43. The van der Waals surface area contributed by atoms with Crippen molar-refractivity contribution in [3.63, 3.8) is 0 Å². The quantitative estimate of drug-likeness (QED) is 0.752. The molecule has 1 aliphatic heterocycles. The molecule has 23 heavy (non-hydrogen) atoms. The number of benzene rings is 2. The molecule has 0 unspecified atom stereocenters. The van der Waals surface area contributed by atoms with Crippen molar-refractivity contribution in [1.29, 1.82) is 0 Å². The van der Waals surface area contributed by atoms with Crippen LogP contribution in [0.25, 0.3) is 5.57 Å². The third-order valence-electron chi connectivity index (χ3n) is 3.78. The van der Waals surface area contributed by atoms with E-state index < -0.39 is 11.8 Å². The number of halogens is 2. The molecule has 1 heterocycles. The zero-order chi connectivity index (χ0) is 16.7. The van der Waals surface area contributed by atoms with E-state index in [-0.39, 0.29) is 10.6 Å². The molecule has 0 spiro atoms. The van der Waals surface area contributed by atoms with E-state index in [1.807, 2.05) is 26.0 Å². The van der Waals surface area contributed by atoms with Gasteiger partial charge in [-0.15, -0.1) is 0 Å². The Kier molecular flexibility index (Phi) is 4.00. The monoisotopic (exact) mass is 345 g/mol. The standard InChI is InChI=1S/C18H13Cl2NO2/c1-10-3-6-12(7-4-10)15-16(20)18(23)21(17(15)22)13-8-5-11(2)14(19)9-13/h3-9H,1-2H3. The highest BCUT2D eigenvalue weighted by molar-refractivity contribution is 6.60. The number of hydrogen-bond acceptors (Lipinski definition) is 2. The Morgan fingerprint density at radius 1 is 0.870 bits per heavy atom. The highest BCUT2D eigenvalue weighted by Crippen LogP contribution is 2.36. The minimum Gasteiger partial charge on any atom is -0.268 e. The second kappa shape index (κ2) is 5.84. The first-order chi connectivity index (χ1) is 10.9. The van der Waals surface area contributed by atoms with E-state index in [0.717, 1.165) is 16.0 Å². The average molecular weight is 346 g/mol. The Labute approximate surface area is 144 Å². The van der Waals surface area contributed by atoms with Gasteiger partial charge in [-0.2, -0.15) is 0 Å². The summed E-state index contributed by atoms with van der Waals surface area (Å²) in [5.74, 6) is -0.976. The van der Waals surface area contributed by atoms with E-state index in [0.29, 0.717) is 16.3 Å². The van der Waals surface area contributed by atoms with Crippen LogP contribution in [0.4, 0.5) is 5.69 Å². The summed E-state index contributed by atoms with van der Waals surface area (Å²) in [5.41, 5.74) is 3.18. The van der Waals surface area contributed by atoms with Crippen LogP contribution in [0.3, 0.4) is 0 Å². The van der Waals surface area contributed by atoms with Crippen molar-refractivity contribution in [3.8, 4) is 0 Å². The van der Waals surface area contributed by atoms with Crippen molar-refractivity contribution in [2.45, 2.75) is 13.8 Å².